The highest BCUT2D eigenvalue weighted by Crippen LogP contribution is 2.47. The molecule has 100 valence electrons. The number of rotatable bonds is 3. The van der Waals surface area contributed by atoms with Gasteiger partial charge in [-0.2, -0.15) is 5.26 Å². The van der Waals surface area contributed by atoms with Crippen LogP contribution < -0.4 is 0 Å². The van der Waals surface area contributed by atoms with Crippen molar-refractivity contribution in [2.75, 3.05) is 0 Å². The van der Waals surface area contributed by atoms with Gasteiger partial charge in [-0.3, -0.25) is 10.2 Å². The number of nitrogens with one attached hydrogen (secondary N) is 1. The predicted molar refractivity (Wildman–Crippen MR) is 83.9 cm³/mol. The lowest BCUT2D eigenvalue weighted by Gasteiger charge is -2.17. The molecule has 1 saturated heterocycles. The summed E-state index contributed by atoms with van der Waals surface area (Å²) in [5.74, 6) is -0.675. The van der Waals surface area contributed by atoms with E-state index in [1.54, 1.807) is 11.3 Å². The van der Waals surface area contributed by atoms with E-state index < -0.39 is 5.92 Å². The Morgan fingerprint density at radius 1 is 1.25 bits per heavy atom. The van der Waals surface area contributed by atoms with Gasteiger partial charge in [-0.1, -0.05) is 23.9 Å². The molecule has 1 aliphatic heterocycles. The van der Waals surface area contributed by atoms with Gasteiger partial charge in [-0.15, -0.1) is 22.7 Å². The van der Waals surface area contributed by atoms with Gasteiger partial charge >= 0.3 is 0 Å². The molecule has 3 rings (SSSR count). The van der Waals surface area contributed by atoms with Gasteiger partial charge in [-0.05, 0) is 22.9 Å². The Bertz CT molecular complexity index is 670. The Kier molecular flexibility index (Phi) is 3.74. The number of thioether (sulfide) groups is 1. The number of hydrogen-bond acceptors (Lipinski definition) is 6. The fraction of sp³-hybridized carbons (Fsp3) is 0.214. The molecule has 1 unspecified atom stereocenters. The lowest BCUT2D eigenvalue weighted by Crippen LogP contribution is -2.23. The summed E-state index contributed by atoms with van der Waals surface area (Å²) in [7, 11) is 0. The number of thiophene rings is 2. The van der Waals surface area contributed by atoms with Gasteiger partial charge < -0.3 is 0 Å². The Balaban J connectivity index is 1.99. The molecule has 1 aliphatic rings. The van der Waals surface area contributed by atoms with Gasteiger partial charge in [0.25, 0.3) is 0 Å². The topological polar surface area (TPSA) is 64.7 Å². The molecule has 0 radical (unpaired) electrons. The van der Waals surface area contributed by atoms with Crippen LogP contribution in [0, 0.1) is 22.7 Å². The highest BCUT2D eigenvalue weighted by atomic mass is 32.2. The molecular formula is C14H10N2OS3. The highest BCUT2D eigenvalue weighted by Gasteiger charge is 2.46. The number of nitrogens with zero attached hydrogens (tertiary/aromatic N) is 1. The van der Waals surface area contributed by atoms with E-state index in [2.05, 4.69) is 6.07 Å². The molecule has 20 heavy (non-hydrogen) atoms. The maximum atomic E-state index is 12.6. The third-order valence-corrected chi connectivity index (χ3v) is 6.38. The summed E-state index contributed by atoms with van der Waals surface area (Å²) in [5, 5.41) is 21.1. The van der Waals surface area contributed by atoms with Gasteiger partial charge in [0, 0.05) is 10.8 Å². The second-order valence-corrected chi connectivity index (χ2v) is 7.50. The Labute approximate surface area is 128 Å². The molecule has 0 aromatic carbocycles. The van der Waals surface area contributed by atoms with Crippen LogP contribution in [0.2, 0.25) is 0 Å². The molecule has 0 spiro atoms. The highest BCUT2D eigenvalue weighted by molar-refractivity contribution is 8.15. The summed E-state index contributed by atoms with van der Waals surface area (Å²) >= 11 is 4.20. The zero-order chi connectivity index (χ0) is 14.1. The third-order valence-electron chi connectivity index (χ3n) is 3.25. The van der Waals surface area contributed by atoms with Crippen molar-refractivity contribution in [3.05, 3.63) is 44.8 Å². The lowest BCUT2D eigenvalue weighted by molar-refractivity contribution is 0.0985. The number of carbonyl (C=O) groups excluding carboxylic acids is 1. The van der Waals surface area contributed by atoms with Gasteiger partial charge in [0.05, 0.1) is 21.2 Å². The average molecular weight is 318 g/mol. The second-order valence-electron chi connectivity index (χ2n) is 4.39. The van der Waals surface area contributed by atoms with E-state index in [9.17, 15) is 10.1 Å². The number of ketones is 1. The first kappa shape index (κ1) is 13.6. The molecular weight excluding hydrogens is 308 g/mol. The molecule has 3 atom stereocenters. The van der Waals surface area contributed by atoms with Crippen LogP contribution in [0.15, 0.2) is 35.0 Å². The predicted octanol–water partition coefficient (Wildman–Crippen LogP) is 4.01. The smallest absolute Gasteiger partial charge is 0.186 e. The summed E-state index contributed by atoms with van der Waals surface area (Å²) in [6.45, 7) is 0. The van der Waals surface area contributed by atoms with Crippen LogP contribution in [-0.4, -0.2) is 16.1 Å². The molecule has 2 aromatic rings. The normalized spacial score (nSPS) is 25.6. The molecule has 0 saturated carbocycles. The SMILES string of the molecule is N#CC1C(=N)S[C@H](C(=O)c2cccs2)[C@@H]1c1cccs1. The minimum atomic E-state index is -0.507. The number of Topliss-reactive ketones (excluding diaryl/α,β-unsaturated/α-hetero) is 1. The van der Waals surface area contributed by atoms with Crippen LogP contribution in [0.4, 0.5) is 0 Å². The average Bonchev–Trinajstić information content (AvgIpc) is 3.18. The van der Waals surface area contributed by atoms with Crippen molar-refractivity contribution in [3.8, 4) is 6.07 Å². The van der Waals surface area contributed by atoms with Crippen LogP contribution in [-0.2, 0) is 0 Å². The van der Waals surface area contributed by atoms with E-state index in [1.165, 1.54) is 23.1 Å². The van der Waals surface area contributed by atoms with Crippen LogP contribution in [0.5, 0.6) is 0 Å². The van der Waals surface area contributed by atoms with Crippen LogP contribution >= 0.6 is 34.4 Å². The minimum absolute atomic E-state index is 0.0332. The Morgan fingerprint density at radius 2 is 2.00 bits per heavy atom. The van der Waals surface area contributed by atoms with Gasteiger partial charge in [0.15, 0.2) is 5.78 Å². The van der Waals surface area contributed by atoms with Gasteiger partial charge in [-0.25, -0.2) is 0 Å². The molecule has 1 fully saturated rings. The number of nitriles is 1. The maximum Gasteiger partial charge on any atom is 0.186 e. The third kappa shape index (κ3) is 2.22. The van der Waals surface area contributed by atoms with E-state index in [4.69, 9.17) is 5.41 Å². The molecule has 0 amide bonds. The molecule has 3 nitrogen and oxygen atoms in total. The fourth-order valence-corrected chi connectivity index (χ4v) is 5.40. The molecule has 2 aromatic heterocycles. The first-order valence-electron chi connectivity index (χ1n) is 5.98. The van der Waals surface area contributed by atoms with E-state index in [0.29, 0.717) is 9.92 Å². The maximum absolute atomic E-state index is 12.6. The van der Waals surface area contributed by atoms with E-state index in [1.807, 2.05) is 35.0 Å². The molecule has 0 aliphatic carbocycles. The first-order valence-corrected chi connectivity index (χ1v) is 8.62. The zero-order valence-corrected chi connectivity index (χ0v) is 12.7. The van der Waals surface area contributed by atoms with E-state index in [-0.39, 0.29) is 17.0 Å². The van der Waals surface area contributed by atoms with Crippen molar-refractivity contribution < 1.29 is 4.79 Å². The first-order chi connectivity index (χ1) is 9.72. The largest absolute Gasteiger partial charge is 0.297 e. The van der Waals surface area contributed by atoms with E-state index >= 15 is 0 Å². The summed E-state index contributed by atoms with van der Waals surface area (Å²) in [6.07, 6.45) is 0. The summed E-state index contributed by atoms with van der Waals surface area (Å²) < 4.78 is 0. The molecule has 0 bridgehead atoms. The minimum Gasteiger partial charge on any atom is -0.297 e. The summed E-state index contributed by atoms with van der Waals surface area (Å²) in [6, 6.07) is 9.73. The van der Waals surface area contributed by atoms with Crippen LogP contribution in [0.3, 0.4) is 0 Å². The van der Waals surface area contributed by atoms with Crippen molar-refractivity contribution in [1.82, 2.24) is 0 Å². The van der Waals surface area contributed by atoms with Gasteiger partial charge in [0.1, 0.15) is 5.92 Å². The van der Waals surface area contributed by atoms with Gasteiger partial charge in [0.2, 0.25) is 0 Å². The standard InChI is InChI=1S/C14H10N2OS3/c15-7-8-11(9-3-1-5-18-9)13(20-14(8)16)12(17)10-4-2-6-19-10/h1-6,8,11,13,16H/t8?,11-,13-/m0/s1. The van der Waals surface area contributed by atoms with Crippen molar-refractivity contribution in [1.29, 1.82) is 10.7 Å². The quantitative estimate of drug-likeness (QED) is 0.870. The zero-order valence-electron chi connectivity index (χ0n) is 10.3. The van der Waals surface area contributed by atoms with E-state index in [0.717, 1.165) is 4.88 Å². The van der Waals surface area contributed by atoms with Crippen molar-refractivity contribution >= 4 is 45.3 Å². The summed E-state index contributed by atoms with van der Waals surface area (Å²) in [4.78, 5) is 14.3. The summed E-state index contributed by atoms with van der Waals surface area (Å²) in [5.41, 5.74) is 0. The number of carbonyl (C=O) groups is 1. The van der Waals surface area contributed by atoms with Crippen molar-refractivity contribution in [2.24, 2.45) is 5.92 Å². The molecule has 3 heterocycles. The van der Waals surface area contributed by atoms with Crippen LogP contribution in [0.1, 0.15) is 20.5 Å². The Hall–Kier alpha value is -1.42. The molecule has 6 heteroatoms. The second kappa shape index (κ2) is 5.52. The van der Waals surface area contributed by atoms with Crippen LogP contribution in [0.25, 0.3) is 0 Å². The van der Waals surface area contributed by atoms with Crippen molar-refractivity contribution in [2.45, 2.75) is 11.2 Å². The number of hydrogen-bond donors (Lipinski definition) is 1. The molecule has 1 N–H and O–H groups in total. The Morgan fingerprint density at radius 3 is 2.60 bits per heavy atom. The monoisotopic (exact) mass is 318 g/mol. The fourth-order valence-electron chi connectivity index (χ4n) is 2.33. The lowest BCUT2D eigenvalue weighted by atomic mass is 9.88. The van der Waals surface area contributed by atoms with Crippen molar-refractivity contribution in [3.63, 3.8) is 0 Å².